The second kappa shape index (κ2) is 4.19. The summed E-state index contributed by atoms with van der Waals surface area (Å²) in [5, 5.41) is 9.79. The van der Waals surface area contributed by atoms with Gasteiger partial charge in [-0.1, -0.05) is 0 Å². The Balaban J connectivity index is 3.27. The third-order valence-corrected chi connectivity index (χ3v) is 2.04. The van der Waals surface area contributed by atoms with Crippen LogP contribution in [0.25, 0.3) is 0 Å². The Morgan fingerprint density at radius 3 is 2.36 bits per heavy atom. The molecule has 4 heteroatoms. The average Bonchev–Trinajstić information content (AvgIpc) is 2.16. The van der Waals surface area contributed by atoms with E-state index in [0.717, 1.165) is 0 Å². The molecule has 78 valence electrons. The quantitative estimate of drug-likeness (QED) is 0.769. The molecule has 1 rings (SSSR count). The van der Waals surface area contributed by atoms with Crippen LogP contribution in [-0.2, 0) is 0 Å². The van der Waals surface area contributed by atoms with Crippen LogP contribution in [0.5, 0.6) is 17.2 Å². The summed E-state index contributed by atoms with van der Waals surface area (Å²) in [5.74, 6) is 0.860. The highest BCUT2D eigenvalue weighted by atomic mass is 16.5. The number of nitrogens with two attached hydrogens (primary N) is 1. The summed E-state index contributed by atoms with van der Waals surface area (Å²) in [4.78, 5) is 0. The summed E-state index contributed by atoms with van der Waals surface area (Å²) in [5.41, 5.74) is 6.31. The molecule has 1 aromatic carbocycles. The molecule has 0 unspecified atom stereocenters. The third-order valence-electron chi connectivity index (χ3n) is 2.04. The number of phenolic OH excluding ortho intramolecular Hbond substituents is 1. The molecule has 0 spiro atoms. The molecule has 0 radical (unpaired) electrons. The minimum Gasteiger partial charge on any atom is -0.504 e. The maximum absolute atomic E-state index is 9.79. The van der Waals surface area contributed by atoms with Crippen LogP contribution in [0.2, 0.25) is 0 Å². The van der Waals surface area contributed by atoms with Crippen molar-refractivity contribution in [2.75, 3.05) is 14.2 Å². The van der Waals surface area contributed by atoms with Crippen molar-refractivity contribution < 1.29 is 14.6 Å². The van der Waals surface area contributed by atoms with Crippen LogP contribution < -0.4 is 15.2 Å². The molecule has 0 heterocycles. The van der Waals surface area contributed by atoms with Crippen molar-refractivity contribution in [2.24, 2.45) is 5.73 Å². The third kappa shape index (κ3) is 1.75. The lowest BCUT2D eigenvalue weighted by Crippen LogP contribution is -2.06. The first kappa shape index (κ1) is 10.7. The van der Waals surface area contributed by atoms with E-state index in [4.69, 9.17) is 15.2 Å². The van der Waals surface area contributed by atoms with E-state index < -0.39 is 0 Å². The van der Waals surface area contributed by atoms with E-state index in [0.29, 0.717) is 17.1 Å². The van der Waals surface area contributed by atoms with Crippen molar-refractivity contribution >= 4 is 0 Å². The molecule has 0 fully saturated rings. The largest absolute Gasteiger partial charge is 0.504 e. The summed E-state index contributed by atoms with van der Waals surface area (Å²) >= 11 is 0. The van der Waals surface area contributed by atoms with Gasteiger partial charge in [0.1, 0.15) is 0 Å². The van der Waals surface area contributed by atoms with Gasteiger partial charge in [0.15, 0.2) is 11.5 Å². The summed E-state index contributed by atoms with van der Waals surface area (Å²) in [6.07, 6.45) is 0. The zero-order chi connectivity index (χ0) is 10.7. The van der Waals surface area contributed by atoms with Gasteiger partial charge in [0, 0.05) is 11.6 Å². The Morgan fingerprint density at radius 2 is 1.93 bits per heavy atom. The van der Waals surface area contributed by atoms with Crippen LogP contribution in [0.4, 0.5) is 0 Å². The van der Waals surface area contributed by atoms with E-state index in [2.05, 4.69) is 0 Å². The maximum atomic E-state index is 9.79. The van der Waals surface area contributed by atoms with Gasteiger partial charge in [-0.2, -0.15) is 0 Å². The van der Waals surface area contributed by atoms with Gasteiger partial charge in [0.05, 0.1) is 14.2 Å². The van der Waals surface area contributed by atoms with Gasteiger partial charge in [0.2, 0.25) is 5.75 Å². The molecule has 0 saturated heterocycles. The molecular formula is C10H15NO3. The fraction of sp³-hybridized carbons (Fsp3) is 0.400. The second-order valence-corrected chi connectivity index (χ2v) is 3.03. The van der Waals surface area contributed by atoms with Crippen molar-refractivity contribution in [2.45, 2.75) is 13.0 Å². The van der Waals surface area contributed by atoms with Gasteiger partial charge in [-0.3, -0.25) is 0 Å². The SMILES string of the molecule is COc1ccc([C@@H](C)N)c(O)c1OC. The van der Waals surface area contributed by atoms with E-state index in [1.165, 1.54) is 14.2 Å². The van der Waals surface area contributed by atoms with Crippen molar-refractivity contribution in [1.29, 1.82) is 0 Å². The molecule has 14 heavy (non-hydrogen) atoms. The monoisotopic (exact) mass is 197 g/mol. The van der Waals surface area contributed by atoms with Crippen LogP contribution in [-0.4, -0.2) is 19.3 Å². The summed E-state index contributed by atoms with van der Waals surface area (Å²) in [6, 6.07) is 3.20. The predicted molar refractivity (Wildman–Crippen MR) is 53.8 cm³/mol. The van der Waals surface area contributed by atoms with E-state index in [1.54, 1.807) is 19.1 Å². The number of aromatic hydroxyl groups is 1. The Hall–Kier alpha value is -1.42. The fourth-order valence-corrected chi connectivity index (χ4v) is 1.29. The Kier molecular flexibility index (Phi) is 3.19. The lowest BCUT2D eigenvalue weighted by atomic mass is 10.1. The molecule has 0 aliphatic carbocycles. The topological polar surface area (TPSA) is 64.7 Å². The first-order valence-corrected chi connectivity index (χ1v) is 4.31. The fourth-order valence-electron chi connectivity index (χ4n) is 1.29. The Morgan fingerprint density at radius 1 is 1.29 bits per heavy atom. The zero-order valence-electron chi connectivity index (χ0n) is 8.57. The molecule has 1 aromatic rings. The normalized spacial score (nSPS) is 12.3. The molecule has 3 N–H and O–H groups in total. The van der Waals surface area contributed by atoms with Gasteiger partial charge in [-0.25, -0.2) is 0 Å². The predicted octanol–water partition coefficient (Wildman–Crippen LogP) is 1.43. The number of methoxy groups -OCH3 is 2. The molecule has 0 bridgehead atoms. The second-order valence-electron chi connectivity index (χ2n) is 3.03. The van der Waals surface area contributed by atoms with E-state index in [9.17, 15) is 5.11 Å². The van der Waals surface area contributed by atoms with Crippen LogP contribution in [0.3, 0.4) is 0 Å². The average molecular weight is 197 g/mol. The minimum atomic E-state index is -0.241. The highest BCUT2D eigenvalue weighted by Gasteiger charge is 2.15. The Labute approximate surface area is 83.3 Å². The first-order valence-electron chi connectivity index (χ1n) is 4.31. The number of ether oxygens (including phenoxy) is 2. The molecule has 0 aliphatic rings. The maximum Gasteiger partial charge on any atom is 0.203 e. The molecule has 0 aliphatic heterocycles. The van der Waals surface area contributed by atoms with Crippen molar-refractivity contribution in [3.8, 4) is 17.2 Å². The van der Waals surface area contributed by atoms with Gasteiger partial charge in [-0.15, -0.1) is 0 Å². The van der Waals surface area contributed by atoms with Gasteiger partial charge >= 0.3 is 0 Å². The lowest BCUT2D eigenvalue weighted by molar-refractivity contribution is 0.330. The van der Waals surface area contributed by atoms with Crippen LogP contribution in [0.1, 0.15) is 18.5 Å². The van der Waals surface area contributed by atoms with Crippen LogP contribution in [0, 0.1) is 0 Å². The number of benzene rings is 1. The summed E-state index contributed by atoms with van der Waals surface area (Å²) in [6.45, 7) is 1.79. The molecular weight excluding hydrogens is 182 g/mol. The molecule has 0 saturated carbocycles. The highest BCUT2D eigenvalue weighted by Crippen LogP contribution is 2.40. The minimum absolute atomic E-state index is 0.0434. The van der Waals surface area contributed by atoms with E-state index in [-0.39, 0.29) is 11.8 Å². The summed E-state index contributed by atoms with van der Waals surface area (Å²) in [7, 11) is 2.99. The first-order chi connectivity index (χ1) is 6.61. The number of phenols is 1. The molecule has 4 nitrogen and oxygen atoms in total. The number of hydrogen-bond acceptors (Lipinski definition) is 4. The van der Waals surface area contributed by atoms with Gasteiger partial charge < -0.3 is 20.3 Å². The molecule has 0 amide bonds. The van der Waals surface area contributed by atoms with Crippen molar-refractivity contribution in [3.63, 3.8) is 0 Å². The molecule has 0 aromatic heterocycles. The molecule has 1 atom stereocenters. The Bertz CT molecular complexity index is 323. The van der Waals surface area contributed by atoms with Crippen molar-refractivity contribution in [1.82, 2.24) is 0 Å². The smallest absolute Gasteiger partial charge is 0.203 e. The van der Waals surface area contributed by atoms with Gasteiger partial charge in [-0.05, 0) is 19.1 Å². The van der Waals surface area contributed by atoms with Crippen LogP contribution in [0.15, 0.2) is 12.1 Å². The van der Waals surface area contributed by atoms with E-state index >= 15 is 0 Å². The number of hydrogen-bond donors (Lipinski definition) is 2. The zero-order valence-corrected chi connectivity index (χ0v) is 8.57. The van der Waals surface area contributed by atoms with Crippen LogP contribution >= 0.6 is 0 Å². The number of rotatable bonds is 3. The van der Waals surface area contributed by atoms with E-state index in [1.807, 2.05) is 0 Å². The summed E-state index contributed by atoms with van der Waals surface area (Å²) < 4.78 is 10.1. The lowest BCUT2D eigenvalue weighted by Gasteiger charge is -2.14. The van der Waals surface area contributed by atoms with Crippen molar-refractivity contribution in [3.05, 3.63) is 17.7 Å². The highest BCUT2D eigenvalue weighted by molar-refractivity contribution is 5.55. The van der Waals surface area contributed by atoms with Gasteiger partial charge in [0.25, 0.3) is 0 Å². The standard InChI is InChI=1S/C10H15NO3/c1-6(11)7-4-5-8(13-2)10(14-3)9(7)12/h4-6,12H,11H2,1-3H3/t6-/m1/s1.